The van der Waals surface area contributed by atoms with E-state index in [1.807, 2.05) is 0 Å². The summed E-state index contributed by atoms with van der Waals surface area (Å²) in [5.74, 6) is 1.02. The highest BCUT2D eigenvalue weighted by molar-refractivity contribution is 6.27. The van der Waals surface area contributed by atoms with Crippen LogP contribution in [0.1, 0.15) is 43.0 Å². The van der Waals surface area contributed by atoms with Crippen LogP contribution in [0.25, 0.3) is 10.9 Å². The van der Waals surface area contributed by atoms with Crippen LogP contribution in [0.4, 0.5) is 0 Å². The van der Waals surface area contributed by atoms with Gasteiger partial charge in [-0.2, -0.15) is 0 Å². The van der Waals surface area contributed by atoms with E-state index in [2.05, 4.69) is 85.3 Å². The Morgan fingerprint density at radius 3 is 2.52 bits per heavy atom. The lowest BCUT2D eigenvalue weighted by molar-refractivity contribution is -0.118. The maximum atomic E-state index is 11.5. The van der Waals surface area contributed by atoms with Crippen molar-refractivity contribution < 1.29 is 4.79 Å². The molecule has 3 nitrogen and oxygen atoms in total. The van der Waals surface area contributed by atoms with E-state index in [1.165, 1.54) is 27.7 Å². The van der Waals surface area contributed by atoms with E-state index in [0.717, 1.165) is 13.0 Å². The molecule has 0 radical (unpaired) electrons. The lowest BCUT2D eigenvalue weighted by Gasteiger charge is -2.10. The molecule has 0 spiro atoms. The fourth-order valence-electron chi connectivity index (χ4n) is 5.09. The lowest BCUT2D eigenvalue weighted by Crippen LogP contribution is -2.25. The van der Waals surface area contributed by atoms with Crippen LogP contribution in [0.2, 0.25) is 0 Å². The van der Waals surface area contributed by atoms with Crippen LogP contribution in [0.5, 0.6) is 0 Å². The van der Waals surface area contributed by atoms with Crippen LogP contribution in [-0.4, -0.2) is 22.9 Å². The molecule has 1 aromatic heterocycles. The summed E-state index contributed by atoms with van der Waals surface area (Å²) in [6.07, 6.45) is 0.984. The van der Waals surface area contributed by atoms with Gasteiger partial charge >= 0.3 is 0 Å². The Bertz CT molecular complexity index is 1020. The van der Waals surface area contributed by atoms with E-state index in [4.69, 9.17) is 11.6 Å². The van der Waals surface area contributed by atoms with Gasteiger partial charge < -0.3 is 9.88 Å². The van der Waals surface area contributed by atoms with Gasteiger partial charge in [0.05, 0.1) is 0 Å². The van der Waals surface area contributed by atoms with E-state index in [0.29, 0.717) is 18.4 Å². The van der Waals surface area contributed by atoms with Crippen molar-refractivity contribution in [2.45, 2.75) is 39.7 Å². The first-order chi connectivity index (χ1) is 13.9. The van der Waals surface area contributed by atoms with Crippen molar-refractivity contribution in [1.82, 2.24) is 9.88 Å². The number of halogens is 1. The van der Waals surface area contributed by atoms with Gasteiger partial charge in [-0.3, -0.25) is 4.79 Å². The molecule has 0 aliphatic heterocycles. The second-order valence-electron chi connectivity index (χ2n) is 8.77. The molecule has 1 aliphatic rings. The molecule has 0 saturated heterocycles. The number of hydrogen-bond donors (Lipinski definition) is 1. The van der Waals surface area contributed by atoms with Crippen molar-refractivity contribution >= 4 is 28.4 Å². The molecule has 3 aromatic rings. The van der Waals surface area contributed by atoms with Gasteiger partial charge in [0.2, 0.25) is 5.91 Å². The van der Waals surface area contributed by atoms with Gasteiger partial charge in [0.25, 0.3) is 0 Å². The summed E-state index contributed by atoms with van der Waals surface area (Å²) < 4.78 is 2.46. The van der Waals surface area contributed by atoms with E-state index in [-0.39, 0.29) is 17.2 Å². The van der Waals surface area contributed by atoms with E-state index in [9.17, 15) is 4.79 Å². The molecule has 4 heteroatoms. The number of carbonyl (C=O) groups excluding carboxylic acids is 1. The third kappa shape index (κ3) is 3.69. The van der Waals surface area contributed by atoms with E-state index in [1.54, 1.807) is 0 Å². The number of carbonyl (C=O) groups is 1. The molecule has 29 heavy (non-hydrogen) atoms. The number of aromatic nitrogens is 1. The van der Waals surface area contributed by atoms with Gasteiger partial charge in [-0.05, 0) is 47.8 Å². The SMILES string of the molecule is Cc1c([C@@H]2[C@H](CCNC(=O)CCl)C2(C)C)c2ccccc2n1Cc1ccccc1. The predicted octanol–water partition coefficient (Wildman–Crippen LogP) is 5.48. The zero-order valence-electron chi connectivity index (χ0n) is 17.4. The summed E-state index contributed by atoms with van der Waals surface area (Å²) >= 11 is 5.60. The van der Waals surface area contributed by atoms with Crippen LogP contribution in [-0.2, 0) is 11.3 Å². The van der Waals surface area contributed by atoms with Gasteiger partial charge in [0, 0.05) is 29.7 Å². The van der Waals surface area contributed by atoms with E-state index >= 15 is 0 Å². The first-order valence-corrected chi connectivity index (χ1v) is 10.9. The van der Waals surface area contributed by atoms with Crippen LogP contribution in [0.15, 0.2) is 54.6 Å². The maximum Gasteiger partial charge on any atom is 0.234 e. The second kappa shape index (κ2) is 7.87. The number of nitrogens with zero attached hydrogens (tertiary/aromatic N) is 1. The van der Waals surface area contributed by atoms with Crippen LogP contribution in [0, 0.1) is 18.3 Å². The Kier molecular flexibility index (Phi) is 5.44. The molecule has 1 saturated carbocycles. The average molecular weight is 409 g/mol. The average Bonchev–Trinajstić information content (AvgIpc) is 3.14. The topological polar surface area (TPSA) is 34.0 Å². The fourth-order valence-corrected chi connectivity index (χ4v) is 5.18. The fraction of sp³-hybridized carbons (Fsp3) is 0.400. The van der Waals surface area contributed by atoms with Crippen LogP contribution < -0.4 is 5.32 Å². The zero-order chi connectivity index (χ0) is 20.6. The molecular formula is C25H29ClN2O. The van der Waals surface area contributed by atoms with Gasteiger partial charge in [-0.15, -0.1) is 11.6 Å². The van der Waals surface area contributed by atoms with Crippen LogP contribution in [0.3, 0.4) is 0 Å². The first kappa shape index (κ1) is 20.0. The Labute approximate surface area is 178 Å². The number of rotatable bonds is 7. The summed E-state index contributed by atoms with van der Waals surface area (Å²) in [6, 6.07) is 19.4. The minimum absolute atomic E-state index is 0.0313. The number of benzene rings is 2. The quantitative estimate of drug-likeness (QED) is 0.516. The smallest absolute Gasteiger partial charge is 0.234 e. The predicted molar refractivity (Wildman–Crippen MR) is 121 cm³/mol. The molecule has 1 fully saturated rings. The number of hydrogen-bond acceptors (Lipinski definition) is 1. The third-order valence-corrected chi connectivity index (χ3v) is 6.97. The molecule has 0 bridgehead atoms. The molecule has 0 unspecified atom stereocenters. The third-order valence-electron chi connectivity index (χ3n) is 6.72. The number of alkyl halides is 1. The van der Waals surface area contributed by atoms with Crippen molar-refractivity contribution in [2.75, 3.05) is 12.4 Å². The maximum absolute atomic E-state index is 11.5. The Morgan fingerprint density at radius 1 is 1.10 bits per heavy atom. The minimum atomic E-state index is -0.0858. The standard InChI is InChI=1S/C25H29ClN2O/c1-17-23(24-20(25(24,2)3)13-14-27-22(29)15-26)19-11-7-8-12-21(19)28(17)16-18-9-5-4-6-10-18/h4-12,20,24H,13-16H2,1-3H3,(H,27,29)/t20-,24-/m0/s1. The van der Waals surface area contributed by atoms with Crippen molar-refractivity contribution in [3.8, 4) is 0 Å². The Balaban J connectivity index is 1.66. The normalized spacial score (nSPS) is 20.0. The van der Waals surface area contributed by atoms with Gasteiger partial charge in [-0.25, -0.2) is 0 Å². The Hall–Kier alpha value is -2.26. The monoisotopic (exact) mass is 408 g/mol. The lowest BCUT2D eigenvalue weighted by atomic mass is 10.0. The molecule has 4 rings (SSSR count). The number of nitrogens with one attached hydrogen (secondary N) is 1. The summed E-state index contributed by atoms with van der Waals surface area (Å²) in [6.45, 7) is 8.55. The summed E-state index contributed by atoms with van der Waals surface area (Å²) in [4.78, 5) is 11.5. The molecule has 1 amide bonds. The van der Waals surface area contributed by atoms with E-state index < -0.39 is 0 Å². The van der Waals surface area contributed by atoms with Crippen LogP contribution >= 0.6 is 11.6 Å². The van der Waals surface area contributed by atoms with Crippen molar-refractivity contribution in [3.05, 3.63) is 71.4 Å². The summed E-state index contributed by atoms with van der Waals surface area (Å²) in [5.41, 5.74) is 5.70. The molecular weight excluding hydrogens is 380 g/mol. The van der Waals surface area contributed by atoms with Gasteiger partial charge in [0.1, 0.15) is 5.88 Å². The molecule has 1 aliphatic carbocycles. The largest absolute Gasteiger partial charge is 0.355 e. The van der Waals surface area contributed by atoms with Gasteiger partial charge in [-0.1, -0.05) is 62.4 Å². The molecule has 2 atom stereocenters. The van der Waals surface area contributed by atoms with Crippen molar-refractivity contribution in [2.24, 2.45) is 11.3 Å². The zero-order valence-corrected chi connectivity index (χ0v) is 18.2. The number of fused-ring (bicyclic) bond motifs is 1. The highest BCUT2D eigenvalue weighted by Crippen LogP contribution is 2.67. The number of amides is 1. The molecule has 1 N–H and O–H groups in total. The highest BCUT2D eigenvalue weighted by Gasteiger charge is 2.58. The molecule has 1 heterocycles. The molecule has 2 aromatic carbocycles. The Morgan fingerprint density at radius 2 is 1.79 bits per heavy atom. The van der Waals surface area contributed by atoms with Crippen molar-refractivity contribution in [3.63, 3.8) is 0 Å². The van der Waals surface area contributed by atoms with Gasteiger partial charge in [0.15, 0.2) is 0 Å². The molecule has 152 valence electrons. The number of para-hydroxylation sites is 1. The minimum Gasteiger partial charge on any atom is -0.355 e. The highest BCUT2D eigenvalue weighted by atomic mass is 35.5. The summed E-state index contributed by atoms with van der Waals surface area (Å²) in [7, 11) is 0. The first-order valence-electron chi connectivity index (χ1n) is 10.4. The van der Waals surface area contributed by atoms with Crippen molar-refractivity contribution in [1.29, 1.82) is 0 Å². The second-order valence-corrected chi connectivity index (χ2v) is 9.03. The summed E-state index contributed by atoms with van der Waals surface area (Å²) in [5, 5.41) is 4.29.